The summed E-state index contributed by atoms with van der Waals surface area (Å²) >= 11 is 0. The quantitative estimate of drug-likeness (QED) is 0.853. The third kappa shape index (κ3) is 3.10. The number of hydrogen-bond donors (Lipinski definition) is 1. The zero-order chi connectivity index (χ0) is 13.7. The zero-order valence-corrected chi connectivity index (χ0v) is 10.9. The molecule has 1 aromatic rings. The van der Waals surface area contributed by atoms with Crippen LogP contribution in [0, 0.1) is 0 Å². The number of nitrogens with two attached hydrogens (primary N) is 1. The Morgan fingerprint density at radius 2 is 1.61 bits per heavy atom. The van der Waals surface area contributed by atoms with Gasteiger partial charge in [0.05, 0.1) is 19.8 Å². The maximum atomic E-state index is 12.9. The van der Waals surface area contributed by atoms with Gasteiger partial charge in [-0.15, -0.1) is 0 Å². The minimum absolute atomic E-state index is 0.130. The Kier molecular flexibility index (Phi) is 5.34. The molecule has 102 valence electrons. The summed E-state index contributed by atoms with van der Waals surface area (Å²) in [7, 11) is 2.85. The van der Waals surface area contributed by atoms with Crippen LogP contribution in [-0.4, -0.2) is 20.8 Å². The average molecular weight is 259 g/mol. The zero-order valence-electron chi connectivity index (χ0n) is 10.9. The van der Waals surface area contributed by atoms with E-state index in [0.29, 0.717) is 12.3 Å². The molecule has 3 nitrogen and oxygen atoms in total. The van der Waals surface area contributed by atoms with Gasteiger partial charge in [0.1, 0.15) is 11.5 Å². The van der Waals surface area contributed by atoms with Crippen LogP contribution >= 0.6 is 0 Å². The fourth-order valence-electron chi connectivity index (χ4n) is 1.91. The van der Waals surface area contributed by atoms with Gasteiger partial charge in [-0.25, -0.2) is 8.78 Å². The molecule has 18 heavy (non-hydrogen) atoms. The summed E-state index contributed by atoms with van der Waals surface area (Å²) in [6, 6.07) is 2.95. The maximum Gasteiger partial charge on any atom is 0.267 e. The van der Waals surface area contributed by atoms with Crippen LogP contribution in [0.15, 0.2) is 12.1 Å². The molecule has 0 radical (unpaired) electrons. The molecule has 0 aromatic heterocycles. The van der Waals surface area contributed by atoms with Crippen LogP contribution in [0.3, 0.4) is 0 Å². The Balaban J connectivity index is 3.25. The lowest BCUT2D eigenvalue weighted by Crippen LogP contribution is -2.07. The maximum absolute atomic E-state index is 12.9. The van der Waals surface area contributed by atoms with Gasteiger partial charge in [-0.3, -0.25) is 0 Å². The van der Waals surface area contributed by atoms with E-state index < -0.39 is 6.43 Å². The largest absolute Gasteiger partial charge is 0.496 e. The molecule has 0 bridgehead atoms. The van der Waals surface area contributed by atoms with Crippen molar-refractivity contribution in [3.63, 3.8) is 0 Å². The molecule has 1 unspecified atom stereocenters. The Morgan fingerprint density at radius 1 is 1.11 bits per heavy atom. The van der Waals surface area contributed by atoms with Crippen molar-refractivity contribution in [1.29, 1.82) is 0 Å². The number of methoxy groups -OCH3 is 2. The molecule has 0 saturated carbocycles. The number of ether oxygens (including phenoxy) is 2. The van der Waals surface area contributed by atoms with Gasteiger partial charge in [0.2, 0.25) is 0 Å². The summed E-state index contributed by atoms with van der Waals surface area (Å²) in [5.74, 6) is 0.766. The first-order valence-electron chi connectivity index (χ1n) is 5.79. The Bertz CT molecular complexity index is 397. The van der Waals surface area contributed by atoms with Gasteiger partial charge in [0.25, 0.3) is 6.43 Å². The fraction of sp³-hybridized carbons (Fsp3) is 0.538. The summed E-state index contributed by atoms with van der Waals surface area (Å²) in [5.41, 5.74) is 6.20. The molecule has 0 fully saturated rings. The van der Waals surface area contributed by atoms with E-state index in [0.717, 1.165) is 12.0 Å². The molecule has 0 aliphatic carbocycles. The van der Waals surface area contributed by atoms with Gasteiger partial charge < -0.3 is 15.2 Å². The standard InChI is InChI=1S/C13H19F2NO2/c1-8(4-5-16)9-6-12(18-3)10(13(14)15)7-11(9)17-2/h6-8,13H,4-5,16H2,1-3H3. The van der Waals surface area contributed by atoms with Crippen molar-refractivity contribution >= 4 is 0 Å². The minimum atomic E-state index is -2.59. The molecule has 2 N–H and O–H groups in total. The first-order chi connectivity index (χ1) is 8.54. The third-order valence-corrected chi connectivity index (χ3v) is 2.95. The van der Waals surface area contributed by atoms with Crippen LogP contribution in [0.4, 0.5) is 8.78 Å². The first-order valence-corrected chi connectivity index (χ1v) is 5.79. The first kappa shape index (κ1) is 14.7. The molecule has 1 atom stereocenters. The van der Waals surface area contributed by atoms with E-state index in [-0.39, 0.29) is 17.2 Å². The summed E-state index contributed by atoms with van der Waals surface area (Å²) in [6.07, 6.45) is -1.83. The van der Waals surface area contributed by atoms with E-state index in [9.17, 15) is 8.78 Å². The van der Waals surface area contributed by atoms with Gasteiger partial charge in [-0.1, -0.05) is 6.92 Å². The van der Waals surface area contributed by atoms with Crippen LogP contribution in [0.1, 0.15) is 36.8 Å². The van der Waals surface area contributed by atoms with E-state index >= 15 is 0 Å². The van der Waals surface area contributed by atoms with Crippen LogP contribution in [-0.2, 0) is 0 Å². The third-order valence-electron chi connectivity index (χ3n) is 2.95. The molecule has 0 heterocycles. The highest BCUT2D eigenvalue weighted by molar-refractivity contribution is 5.48. The smallest absolute Gasteiger partial charge is 0.267 e. The van der Waals surface area contributed by atoms with Crippen LogP contribution in [0.2, 0.25) is 0 Å². The molecule has 0 amide bonds. The van der Waals surface area contributed by atoms with Crippen LogP contribution in [0.5, 0.6) is 11.5 Å². The molecular weight excluding hydrogens is 240 g/mol. The molecule has 0 aliphatic rings. The Hall–Kier alpha value is -1.36. The summed E-state index contributed by atoms with van der Waals surface area (Å²) in [5, 5.41) is 0. The second-order valence-corrected chi connectivity index (χ2v) is 4.12. The number of alkyl halides is 2. The molecule has 1 rings (SSSR count). The summed E-state index contributed by atoms with van der Waals surface area (Å²) in [4.78, 5) is 0. The average Bonchev–Trinajstić information content (AvgIpc) is 2.37. The van der Waals surface area contributed by atoms with Crippen LogP contribution < -0.4 is 15.2 Å². The minimum Gasteiger partial charge on any atom is -0.496 e. The van der Waals surface area contributed by atoms with Crippen molar-refractivity contribution in [3.8, 4) is 11.5 Å². The predicted molar refractivity (Wildman–Crippen MR) is 66.6 cm³/mol. The molecule has 0 saturated heterocycles. The molecular formula is C13H19F2NO2. The van der Waals surface area contributed by atoms with E-state index in [2.05, 4.69) is 0 Å². The number of halogens is 2. The molecule has 0 aliphatic heterocycles. The molecule has 5 heteroatoms. The SMILES string of the molecule is COc1cc(C(C)CCN)c(OC)cc1C(F)F. The van der Waals surface area contributed by atoms with Crippen molar-refractivity contribution in [2.75, 3.05) is 20.8 Å². The lowest BCUT2D eigenvalue weighted by atomic mass is 9.95. The number of hydrogen-bond acceptors (Lipinski definition) is 3. The Labute approximate surface area is 106 Å². The highest BCUT2D eigenvalue weighted by Crippen LogP contribution is 2.38. The van der Waals surface area contributed by atoms with Gasteiger partial charge in [-0.2, -0.15) is 0 Å². The molecule has 0 spiro atoms. The second kappa shape index (κ2) is 6.54. The molecule has 1 aromatic carbocycles. The topological polar surface area (TPSA) is 44.5 Å². The van der Waals surface area contributed by atoms with E-state index in [1.165, 1.54) is 20.3 Å². The lowest BCUT2D eigenvalue weighted by molar-refractivity contribution is 0.146. The van der Waals surface area contributed by atoms with Crippen molar-refractivity contribution in [1.82, 2.24) is 0 Å². The highest BCUT2D eigenvalue weighted by atomic mass is 19.3. The fourth-order valence-corrected chi connectivity index (χ4v) is 1.91. The summed E-state index contributed by atoms with van der Waals surface area (Å²) < 4.78 is 35.9. The lowest BCUT2D eigenvalue weighted by Gasteiger charge is -2.18. The normalized spacial score (nSPS) is 12.6. The van der Waals surface area contributed by atoms with Crippen molar-refractivity contribution in [2.24, 2.45) is 5.73 Å². The van der Waals surface area contributed by atoms with Crippen LogP contribution in [0.25, 0.3) is 0 Å². The monoisotopic (exact) mass is 259 g/mol. The van der Waals surface area contributed by atoms with E-state index in [1.54, 1.807) is 6.07 Å². The van der Waals surface area contributed by atoms with Crippen molar-refractivity contribution in [3.05, 3.63) is 23.3 Å². The number of benzene rings is 1. The van der Waals surface area contributed by atoms with E-state index in [4.69, 9.17) is 15.2 Å². The highest BCUT2D eigenvalue weighted by Gasteiger charge is 2.20. The van der Waals surface area contributed by atoms with Crippen molar-refractivity contribution < 1.29 is 18.3 Å². The van der Waals surface area contributed by atoms with Gasteiger partial charge in [0.15, 0.2) is 0 Å². The predicted octanol–water partition coefficient (Wildman–Crippen LogP) is 3.09. The van der Waals surface area contributed by atoms with Gasteiger partial charge >= 0.3 is 0 Å². The number of rotatable bonds is 6. The van der Waals surface area contributed by atoms with Crippen molar-refractivity contribution in [2.45, 2.75) is 25.7 Å². The second-order valence-electron chi connectivity index (χ2n) is 4.12. The summed E-state index contributed by atoms with van der Waals surface area (Å²) in [6.45, 7) is 2.51. The van der Waals surface area contributed by atoms with Gasteiger partial charge in [-0.05, 0) is 31.0 Å². The van der Waals surface area contributed by atoms with E-state index in [1.807, 2.05) is 6.92 Å². The Morgan fingerprint density at radius 3 is 2.06 bits per heavy atom. The van der Waals surface area contributed by atoms with Gasteiger partial charge in [0, 0.05) is 5.56 Å².